The van der Waals surface area contributed by atoms with Crippen molar-refractivity contribution in [2.45, 2.75) is 38.5 Å². The van der Waals surface area contributed by atoms with E-state index < -0.39 is 10.8 Å². The Morgan fingerprint density at radius 3 is 2.61 bits per heavy atom. The fourth-order valence-electron chi connectivity index (χ4n) is 4.11. The van der Waals surface area contributed by atoms with Crippen LogP contribution in [0.25, 0.3) is 0 Å². The first-order valence-electron chi connectivity index (χ1n) is 7.88. The number of allylic oxidation sites excluding steroid dienone is 1. The number of hydrogen-bond acceptors (Lipinski definition) is 4. The minimum absolute atomic E-state index is 0.176. The van der Waals surface area contributed by atoms with E-state index in [4.69, 9.17) is 9.47 Å². The molecule has 1 unspecified atom stereocenters. The lowest BCUT2D eigenvalue weighted by Crippen LogP contribution is -2.51. The van der Waals surface area contributed by atoms with E-state index in [1.54, 1.807) is 7.11 Å². The van der Waals surface area contributed by atoms with Crippen LogP contribution in [-0.4, -0.2) is 26.0 Å². The van der Waals surface area contributed by atoms with Crippen LogP contribution in [-0.2, 0) is 26.2 Å². The first kappa shape index (κ1) is 15.8. The maximum Gasteiger partial charge on any atom is 0.320 e. The van der Waals surface area contributed by atoms with Gasteiger partial charge in [-0.05, 0) is 55.5 Å². The number of ketones is 1. The lowest BCUT2D eigenvalue weighted by molar-refractivity contribution is -0.148. The van der Waals surface area contributed by atoms with Crippen molar-refractivity contribution in [1.82, 2.24) is 0 Å². The number of hydrogen-bond donors (Lipinski definition) is 0. The van der Waals surface area contributed by atoms with E-state index in [-0.39, 0.29) is 11.8 Å². The Bertz CT molecular complexity index is 714. The first-order valence-corrected chi connectivity index (χ1v) is 7.88. The SMILES string of the molecule is COC(=O)C12CCC(=O)C(C)(C)C1=CCc1ccc(OC)cc12. The monoisotopic (exact) mass is 314 g/mol. The number of rotatable bonds is 2. The summed E-state index contributed by atoms with van der Waals surface area (Å²) < 4.78 is 10.5. The first-order chi connectivity index (χ1) is 10.9. The Hall–Kier alpha value is -2.10. The van der Waals surface area contributed by atoms with Crippen LogP contribution in [0, 0.1) is 5.41 Å². The topological polar surface area (TPSA) is 52.6 Å². The number of fused-ring (bicyclic) bond motifs is 3. The van der Waals surface area contributed by atoms with E-state index in [0.717, 1.165) is 16.7 Å². The number of benzene rings is 1. The van der Waals surface area contributed by atoms with Gasteiger partial charge in [-0.3, -0.25) is 9.59 Å². The summed E-state index contributed by atoms with van der Waals surface area (Å²) in [4.78, 5) is 25.3. The highest BCUT2D eigenvalue weighted by Crippen LogP contribution is 2.54. The second kappa shape index (κ2) is 5.22. The molecule has 1 aromatic rings. The molecule has 23 heavy (non-hydrogen) atoms. The number of carbonyl (C=O) groups is 2. The number of esters is 1. The molecule has 0 saturated heterocycles. The number of ether oxygens (including phenoxy) is 2. The van der Waals surface area contributed by atoms with E-state index >= 15 is 0 Å². The summed E-state index contributed by atoms with van der Waals surface area (Å²) in [5.41, 5.74) is 1.34. The van der Waals surface area contributed by atoms with E-state index in [1.807, 2.05) is 38.1 Å². The minimum atomic E-state index is -0.881. The van der Waals surface area contributed by atoms with Crippen molar-refractivity contribution in [2.75, 3.05) is 14.2 Å². The molecule has 1 fully saturated rings. The van der Waals surface area contributed by atoms with Crippen molar-refractivity contribution < 1.29 is 19.1 Å². The molecule has 0 spiro atoms. The van der Waals surface area contributed by atoms with Gasteiger partial charge in [0.15, 0.2) is 0 Å². The van der Waals surface area contributed by atoms with Gasteiger partial charge < -0.3 is 9.47 Å². The van der Waals surface area contributed by atoms with Crippen molar-refractivity contribution >= 4 is 11.8 Å². The van der Waals surface area contributed by atoms with Crippen molar-refractivity contribution in [1.29, 1.82) is 0 Å². The smallest absolute Gasteiger partial charge is 0.320 e. The van der Waals surface area contributed by atoms with Crippen molar-refractivity contribution in [3.63, 3.8) is 0 Å². The highest BCUT2D eigenvalue weighted by atomic mass is 16.5. The predicted molar refractivity (Wildman–Crippen MR) is 86.5 cm³/mol. The zero-order valence-electron chi connectivity index (χ0n) is 14.1. The molecule has 0 radical (unpaired) electrons. The van der Waals surface area contributed by atoms with Gasteiger partial charge in [0.05, 0.1) is 14.2 Å². The fraction of sp³-hybridized carbons (Fsp3) is 0.474. The number of methoxy groups -OCH3 is 2. The Morgan fingerprint density at radius 1 is 1.22 bits per heavy atom. The summed E-state index contributed by atoms with van der Waals surface area (Å²) in [5.74, 6) is 0.594. The molecular weight excluding hydrogens is 292 g/mol. The molecule has 0 N–H and O–H groups in total. The summed E-state index contributed by atoms with van der Waals surface area (Å²) in [5, 5.41) is 0. The fourth-order valence-corrected chi connectivity index (χ4v) is 4.11. The van der Waals surface area contributed by atoms with Crippen LogP contribution in [0.3, 0.4) is 0 Å². The Kier molecular flexibility index (Phi) is 3.58. The molecular formula is C19H22O4. The van der Waals surface area contributed by atoms with E-state index in [0.29, 0.717) is 25.0 Å². The normalized spacial score (nSPS) is 25.0. The molecule has 1 aromatic carbocycles. The van der Waals surface area contributed by atoms with E-state index in [9.17, 15) is 9.59 Å². The summed E-state index contributed by atoms with van der Waals surface area (Å²) in [6.07, 6.45) is 3.58. The highest BCUT2D eigenvalue weighted by Gasteiger charge is 2.56. The average molecular weight is 314 g/mol. The Labute approximate surface area is 136 Å². The van der Waals surface area contributed by atoms with Gasteiger partial charge in [-0.1, -0.05) is 12.1 Å². The average Bonchev–Trinajstić information content (AvgIpc) is 2.56. The van der Waals surface area contributed by atoms with Crippen LogP contribution in [0.15, 0.2) is 29.8 Å². The van der Waals surface area contributed by atoms with Crippen molar-refractivity contribution in [3.8, 4) is 5.75 Å². The summed E-state index contributed by atoms with van der Waals surface area (Å²) >= 11 is 0. The second-order valence-corrected chi connectivity index (χ2v) is 6.79. The van der Waals surface area contributed by atoms with Crippen LogP contribution in [0.5, 0.6) is 5.75 Å². The lowest BCUT2D eigenvalue weighted by Gasteiger charge is -2.47. The van der Waals surface area contributed by atoms with Gasteiger partial charge in [-0.15, -0.1) is 0 Å². The molecule has 4 nitrogen and oxygen atoms in total. The third-order valence-corrected chi connectivity index (χ3v) is 5.39. The van der Waals surface area contributed by atoms with Gasteiger partial charge >= 0.3 is 5.97 Å². The van der Waals surface area contributed by atoms with Crippen LogP contribution < -0.4 is 4.74 Å². The molecule has 1 atom stereocenters. The molecule has 0 aromatic heterocycles. The summed E-state index contributed by atoms with van der Waals surface area (Å²) in [6.45, 7) is 3.81. The molecule has 2 aliphatic carbocycles. The molecule has 1 saturated carbocycles. The van der Waals surface area contributed by atoms with Crippen molar-refractivity contribution in [2.24, 2.45) is 5.41 Å². The molecule has 0 heterocycles. The largest absolute Gasteiger partial charge is 0.497 e. The highest BCUT2D eigenvalue weighted by molar-refractivity contribution is 5.98. The third-order valence-electron chi connectivity index (χ3n) is 5.39. The van der Waals surface area contributed by atoms with Crippen LogP contribution in [0.1, 0.15) is 37.8 Å². The molecule has 0 bridgehead atoms. The Balaban J connectivity index is 2.29. The van der Waals surface area contributed by atoms with Gasteiger partial charge in [0.1, 0.15) is 16.9 Å². The zero-order valence-corrected chi connectivity index (χ0v) is 14.1. The van der Waals surface area contributed by atoms with Gasteiger partial charge in [-0.25, -0.2) is 0 Å². The zero-order chi connectivity index (χ0) is 16.8. The maximum absolute atomic E-state index is 12.9. The quantitative estimate of drug-likeness (QED) is 0.622. The van der Waals surface area contributed by atoms with Gasteiger partial charge in [0.25, 0.3) is 0 Å². The van der Waals surface area contributed by atoms with Crippen LogP contribution in [0.4, 0.5) is 0 Å². The van der Waals surface area contributed by atoms with Crippen molar-refractivity contribution in [3.05, 3.63) is 41.0 Å². The predicted octanol–water partition coefficient (Wildman–Crippen LogP) is 2.98. The van der Waals surface area contributed by atoms with Gasteiger partial charge in [0.2, 0.25) is 0 Å². The molecule has 0 aliphatic heterocycles. The minimum Gasteiger partial charge on any atom is -0.497 e. The molecule has 4 heteroatoms. The molecule has 122 valence electrons. The van der Waals surface area contributed by atoms with Gasteiger partial charge in [-0.2, -0.15) is 0 Å². The number of Topliss-reactive ketones (excluding diaryl/α,β-unsaturated/α-hetero) is 1. The second-order valence-electron chi connectivity index (χ2n) is 6.79. The lowest BCUT2D eigenvalue weighted by atomic mass is 9.54. The maximum atomic E-state index is 12.9. The number of carbonyl (C=O) groups excluding carboxylic acids is 2. The third kappa shape index (κ3) is 2.04. The summed E-state index contributed by atoms with van der Waals surface area (Å²) in [6, 6.07) is 5.82. The van der Waals surface area contributed by atoms with Crippen LogP contribution >= 0.6 is 0 Å². The van der Waals surface area contributed by atoms with Crippen LogP contribution in [0.2, 0.25) is 0 Å². The standard InChI is InChI=1S/C19H22O4/c1-18(2)15-8-6-12-5-7-13(22-3)11-14(12)19(15,17(21)23-4)10-9-16(18)20/h5,7-8,11H,6,9-10H2,1-4H3. The van der Waals surface area contributed by atoms with E-state index in [2.05, 4.69) is 0 Å². The molecule has 3 rings (SSSR count). The van der Waals surface area contributed by atoms with E-state index in [1.165, 1.54) is 7.11 Å². The Morgan fingerprint density at radius 2 is 1.96 bits per heavy atom. The van der Waals surface area contributed by atoms with Gasteiger partial charge in [0, 0.05) is 11.8 Å². The molecule has 0 amide bonds. The molecule has 2 aliphatic rings. The summed E-state index contributed by atoms with van der Waals surface area (Å²) in [7, 11) is 3.02.